The minimum Gasteiger partial charge on any atom is -0.477 e. The number of likely N-dealkylation sites (tertiary alicyclic amines) is 1. The van der Waals surface area contributed by atoms with Gasteiger partial charge in [0.25, 0.3) is 0 Å². The number of carbonyl (C=O) groups is 3. The average molecular weight is 377 g/mol. The molecule has 138 valence electrons. The maximum atomic E-state index is 12.5. The highest BCUT2D eigenvalue weighted by Crippen LogP contribution is 2.25. The summed E-state index contributed by atoms with van der Waals surface area (Å²) in [6, 6.07) is 3.12. The maximum Gasteiger partial charge on any atom is 0.347 e. The number of nitrogens with one attached hydrogen (secondary N) is 1. The van der Waals surface area contributed by atoms with Crippen LogP contribution < -0.4 is 5.32 Å². The van der Waals surface area contributed by atoms with Gasteiger partial charge < -0.3 is 19.7 Å². The molecule has 2 aromatic heterocycles. The Balaban J connectivity index is 1.60. The number of carboxylic acid groups (broad SMARTS) is 1. The summed E-state index contributed by atoms with van der Waals surface area (Å²) in [5.41, 5.74) is 0.430. The second-order valence-corrected chi connectivity index (χ2v) is 7.29. The van der Waals surface area contributed by atoms with E-state index in [4.69, 9.17) is 9.52 Å². The van der Waals surface area contributed by atoms with E-state index in [1.165, 1.54) is 0 Å². The van der Waals surface area contributed by atoms with E-state index in [2.05, 4.69) is 10.3 Å². The molecule has 1 saturated heterocycles. The van der Waals surface area contributed by atoms with Gasteiger partial charge in [0.15, 0.2) is 0 Å². The standard InChI is InChI=1S/C17H19N3O5S/c1-9-14(17(23)24)26-16(19-9)10(2)18-15(22)11-6-13(21)20(7-11)8-12-4-3-5-25-12/h3-5,10-11H,6-8H2,1-2H3,(H,18,22)(H,23,24). The normalized spacial score (nSPS) is 18.2. The monoisotopic (exact) mass is 377 g/mol. The molecule has 2 unspecified atom stereocenters. The molecule has 1 aliphatic heterocycles. The minimum atomic E-state index is -1.03. The SMILES string of the molecule is Cc1nc(C(C)NC(=O)C2CC(=O)N(Cc3ccco3)C2)sc1C(=O)O. The first kappa shape index (κ1) is 18.1. The van der Waals surface area contributed by atoms with E-state index in [9.17, 15) is 14.4 Å². The van der Waals surface area contributed by atoms with Crippen LogP contribution in [0.3, 0.4) is 0 Å². The van der Waals surface area contributed by atoms with Gasteiger partial charge in [0.1, 0.15) is 15.6 Å². The van der Waals surface area contributed by atoms with Crippen molar-refractivity contribution in [2.45, 2.75) is 32.9 Å². The highest BCUT2D eigenvalue weighted by molar-refractivity contribution is 7.13. The number of carboxylic acids is 1. The summed E-state index contributed by atoms with van der Waals surface area (Å²) in [7, 11) is 0. The van der Waals surface area contributed by atoms with Crippen LogP contribution in [-0.2, 0) is 16.1 Å². The Morgan fingerprint density at radius 3 is 2.92 bits per heavy atom. The Hall–Kier alpha value is -2.68. The quantitative estimate of drug-likeness (QED) is 0.796. The zero-order chi connectivity index (χ0) is 18.8. The van der Waals surface area contributed by atoms with Crippen LogP contribution in [0, 0.1) is 12.8 Å². The van der Waals surface area contributed by atoms with Gasteiger partial charge in [0, 0.05) is 13.0 Å². The van der Waals surface area contributed by atoms with Crippen molar-refractivity contribution in [2.24, 2.45) is 5.92 Å². The van der Waals surface area contributed by atoms with Crippen LogP contribution in [0.25, 0.3) is 0 Å². The number of rotatable bonds is 6. The first-order valence-corrected chi connectivity index (χ1v) is 8.98. The van der Waals surface area contributed by atoms with Crippen LogP contribution in [0.2, 0.25) is 0 Å². The summed E-state index contributed by atoms with van der Waals surface area (Å²) in [5, 5.41) is 12.5. The molecule has 0 aliphatic carbocycles. The summed E-state index contributed by atoms with van der Waals surface area (Å²) in [5.74, 6) is -1.13. The molecule has 2 atom stereocenters. The van der Waals surface area contributed by atoms with Gasteiger partial charge >= 0.3 is 5.97 Å². The van der Waals surface area contributed by atoms with Crippen LogP contribution in [0.5, 0.6) is 0 Å². The number of amides is 2. The summed E-state index contributed by atoms with van der Waals surface area (Å²) in [6.07, 6.45) is 1.69. The molecule has 2 amide bonds. The highest BCUT2D eigenvalue weighted by Gasteiger charge is 2.35. The van der Waals surface area contributed by atoms with Crippen molar-refractivity contribution in [3.63, 3.8) is 0 Å². The molecule has 0 saturated carbocycles. The van der Waals surface area contributed by atoms with Gasteiger partial charge in [-0.2, -0.15) is 0 Å². The molecule has 1 aliphatic rings. The predicted molar refractivity (Wildman–Crippen MR) is 92.6 cm³/mol. The summed E-state index contributed by atoms with van der Waals surface area (Å²) >= 11 is 1.05. The highest BCUT2D eigenvalue weighted by atomic mass is 32.1. The van der Waals surface area contributed by atoms with Gasteiger partial charge in [-0.15, -0.1) is 11.3 Å². The van der Waals surface area contributed by atoms with E-state index in [0.717, 1.165) is 11.3 Å². The van der Waals surface area contributed by atoms with Gasteiger partial charge in [-0.3, -0.25) is 9.59 Å². The zero-order valence-electron chi connectivity index (χ0n) is 14.4. The Labute approximate surface area is 153 Å². The Morgan fingerprint density at radius 2 is 2.31 bits per heavy atom. The van der Waals surface area contributed by atoms with Crippen LogP contribution >= 0.6 is 11.3 Å². The fourth-order valence-corrected chi connectivity index (χ4v) is 3.79. The lowest BCUT2D eigenvalue weighted by Gasteiger charge is -2.16. The molecule has 2 aromatic rings. The molecule has 0 spiro atoms. The summed E-state index contributed by atoms with van der Waals surface area (Å²) in [4.78, 5) is 41.7. The molecule has 0 aromatic carbocycles. The maximum absolute atomic E-state index is 12.5. The van der Waals surface area contributed by atoms with E-state index in [-0.39, 0.29) is 23.1 Å². The second-order valence-electron chi connectivity index (χ2n) is 6.26. The number of hydrogen-bond donors (Lipinski definition) is 2. The largest absolute Gasteiger partial charge is 0.477 e. The van der Waals surface area contributed by atoms with Crippen molar-refractivity contribution in [1.29, 1.82) is 0 Å². The van der Waals surface area contributed by atoms with E-state index >= 15 is 0 Å². The number of nitrogens with zero attached hydrogens (tertiary/aromatic N) is 2. The van der Waals surface area contributed by atoms with Crippen molar-refractivity contribution in [2.75, 3.05) is 6.54 Å². The van der Waals surface area contributed by atoms with Crippen molar-refractivity contribution < 1.29 is 23.9 Å². The number of aryl methyl sites for hydroxylation is 1. The number of aromatic carboxylic acids is 1. The fraction of sp³-hybridized carbons (Fsp3) is 0.412. The van der Waals surface area contributed by atoms with Crippen LogP contribution in [0.4, 0.5) is 0 Å². The molecule has 1 fully saturated rings. The number of carbonyl (C=O) groups excluding carboxylic acids is 2. The molecule has 9 heteroatoms. The first-order valence-electron chi connectivity index (χ1n) is 8.16. The Bertz CT molecular complexity index is 830. The van der Waals surface area contributed by atoms with Gasteiger partial charge in [0.2, 0.25) is 11.8 Å². The fourth-order valence-electron chi connectivity index (χ4n) is 2.89. The van der Waals surface area contributed by atoms with E-state index in [1.807, 2.05) is 0 Å². The molecular weight excluding hydrogens is 358 g/mol. The first-order chi connectivity index (χ1) is 12.3. The lowest BCUT2D eigenvalue weighted by molar-refractivity contribution is -0.129. The topological polar surface area (TPSA) is 113 Å². The minimum absolute atomic E-state index is 0.0903. The van der Waals surface area contributed by atoms with Gasteiger partial charge in [-0.25, -0.2) is 9.78 Å². The third kappa shape index (κ3) is 3.77. The van der Waals surface area contributed by atoms with Crippen LogP contribution in [0.1, 0.15) is 45.5 Å². The van der Waals surface area contributed by atoms with Crippen molar-refractivity contribution in [3.05, 3.63) is 39.7 Å². The zero-order valence-corrected chi connectivity index (χ0v) is 15.2. The van der Waals surface area contributed by atoms with E-state index in [0.29, 0.717) is 29.6 Å². The van der Waals surface area contributed by atoms with Crippen LogP contribution in [-0.4, -0.2) is 39.3 Å². The van der Waals surface area contributed by atoms with Gasteiger partial charge in [0.05, 0.1) is 30.5 Å². The van der Waals surface area contributed by atoms with Gasteiger partial charge in [-0.05, 0) is 26.0 Å². The third-order valence-electron chi connectivity index (χ3n) is 4.25. The number of aromatic nitrogens is 1. The van der Waals surface area contributed by atoms with Gasteiger partial charge in [-0.1, -0.05) is 0 Å². The molecule has 0 bridgehead atoms. The number of hydrogen-bond acceptors (Lipinski definition) is 6. The smallest absolute Gasteiger partial charge is 0.347 e. The van der Waals surface area contributed by atoms with E-state index in [1.54, 1.807) is 37.1 Å². The number of furan rings is 1. The Kier molecular flexibility index (Phi) is 5.08. The van der Waals surface area contributed by atoms with Crippen LogP contribution in [0.15, 0.2) is 22.8 Å². The molecule has 8 nitrogen and oxygen atoms in total. The molecule has 3 heterocycles. The van der Waals surface area contributed by atoms with Crippen molar-refractivity contribution in [3.8, 4) is 0 Å². The lowest BCUT2D eigenvalue weighted by Crippen LogP contribution is -2.34. The molecule has 2 N–H and O–H groups in total. The second kappa shape index (κ2) is 7.28. The van der Waals surface area contributed by atoms with Crippen molar-refractivity contribution in [1.82, 2.24) is 15.2 Å². The molecule has 26 heavy (non-hydrogen) atoms. The third-order valence-corrected chi connectivity index (χ3v) is 5.58. The Morgan fingerprint density at radius 1 is 1.54 bits per heavy atom. The molecule has 3 rings (SSSR count). The summed E-state index contributed by atoms with van der Waals surface area (Å²) in [6.45, 7) is 4.05. The predicted octanol–water partition coefficient (Wildman–Crippen LogP) is 1.97. The molecule has 0 radical (unpaired) electrons. The average Bonchev–Trinajstić information content (AvgIpc) is 3.29. The summed E-state index contributed by atoms with van der Waals surface area (Å²) < 4.78 is 5.25. The van der Waals surface area contributed by atoms with E-state index < -0.39 is 17.9 Å². The number of thiazole rings is 1. The lowest BCUT2D eigenvalue weighted by atomic mass is 10.1. The van der Waals surface area contributed by atoms with Crippen molar-refractivity contribution >= 4 is 29.1 Å². The molecular formula is C17H19N3O5S.